The molecule has 1 aromatic heterocycles. The Labute approximate surface area is 110 Å². The predicted molar refractivity (Wildman–Crippen MR) is 71.3 cm³/mol. The number of anilines is 1. The van der Waals surface area contributed by atoms with Gasteiger partial charge in [0.2, 0.25) is 0 Å². The Balaban J connectivity index is 2.46. The quantitative estimate of drug-likeness (QED) is 0.920. The van der Waals surface area contributed by atoms with Crippen molar-refractivity contribution in [1.29, 1.82) is 0 Å². The molecule has 0 radical (unpaired) electrons. The van der Waals surface area contributed by atoms with E-state index < -0.39 is 5.82 Å². The van der Waals surface area contributed by atoms with Crippen molar-refractivity contribution in [3.05, 3.63) is 40.8 Å². The van der Waals surface area contributed by atoms with Gasteiger partial charge in [0.15, 0.2) is 5.82 Å². The van der Waals surface area contributed by atoms with E-state index in [1.165, 1.54) is 12.1 Å². The van der Waals surface area contributed by atoms with E-state index in [2.05, 4.69) is 15.3 Å². The van der Waals surface area contributed by atoms with Gasteiger partial charge in [0.05, 0.1) is 5.02 Å². The highest BCUT2D eigenvalue weighted by atomic mass is 35.5. The number of nitrogens with one attached hydrogen (secondary N) is 1. The third-order valence-corrected chi connectivity index (χ3v) is 2.68. The Morgan fingerprint density at radius 3 is 2.72 bits per heavy atom. The molecule has 1 aromatic carbocycles. The number of nitrogens with zero attached hydrogens (tertiary/aromatic N) is 2. The molecule has 0 aliphatic carbocycles. The summed E-state index contributed by atoms with van der Waals surface area (Å²) in [5, 5.41) is 3.20. The van der Waals surface area contributed by atoms with Crippen LogP contribution in [-0.2, 0) is 0 Å². The Morgan fingerprint density at radius 2 is 2.06 bits per heavy atom. The molecule has 0 unspecified atom stereocenters. The lowest BCUT2D eigenvalue weighted by Gasteiger charge is -2.07. The minimum Gasteiger partial charge on any atom is -0.370 e. The molecule has 0 bridgehead atoms. The van der Waals surface area contributed by atoms with Crippen LogP contribution < -0.4 is 5.32 Å². The second-order valence-corrected chi connectivity index (χ2v) is 4.28. The smallest absolute Gasteiger partial charge is 0.161 e. The molecule has 2 rings (SSSR count). The molecule has 0 saturated carbocycles. The maximum atomic E-state index is 13.1. The molecule has 94 valence electrons. The molecular formula is C13H13ClFN3. The lowest BCUT2D eigenvalue weighted by atomic mass is 10.2. The highest BCUT2D eigenvalue weighted by molar-refractivity contribution is 6.31. The number of aryl methyl sites for hydroxylation is 1. The molecule has 0 amide bonds. The van der Waals surface area contributed by atoms with Gasteiger partial charge in [-0.2, -0.15) is 0 Å². The normalized spacial score (nSPS) is 10.4. The van der Waals surface area contributed by atoms with Crippen LogP contribution in [0.2, 0.25) is 5.02 Å². The highest BCUT2D eigenvalue weighted by Gasteiger charge is 2.07. The largest absolute Gasteiger partial charge is 0.370 e. The predicted octanol–water partition coefficient (Wildman–Crippen LogP) is 3.68. The molecule has 2 aromatic rings. The molecule has 0 aliphatic heterocycles. The van der Waals surface area contributed by atoms with Gasteiger partial charge in [0.1, 0.15) is 11.6 Å². The summed E-state index contributed by atoms with van der Waals surface area (Å²) >= 11 is 5.76. The monoisotopic (exact) mass is 265 g/mol. The number of halogens is 2. The van der Waals surface area contributed by atoms with E-state index in [-0.39, 0.29) is 5.02 Å². The lowest BCUT2D eigenvalue weighted by molar-refractivity contribution is 0.628. The van der Waals surface area contributed by atoms with Crippen molar-refractivity contribution in [1.82, 2.24) is 9.97 Å². The Bertz CT molecular complexity index is 572. The molecule has 1 N–H and O–H groups in total. The van der Waals surface area contributed by atoms with E-state index in [4.69, 9.17) is 11.6 Å². The fourth-order valence-corrected chi connectivity index (χ4v) is 1.79. The standard InChI is InChI=1S/C13H13ClFN3/c1-3-16-12-6-8(2)17-13(18-12)9-4-5-11(15)10(14)7-9/h4-7H,3H2,1-2H3,(H,16,17,18). The van der Waals surface area contributed by atoms with E-state index in [1.807, 2.05) is 19.9 Å². The van der Waals surface area contributed by atoms with Gasteiger partial charge < -0.3 is 5.32 Å². The summed E-state index contributed by atoms with van der Waals surface area (Å²) in [5.74, 6) is 0.841. The zero-order valence-corrected chi connectivity index (χ0v) is 10.9. The number of aromatic nitrogens is 2. The lowest BCUT2D eigenvalue weighted by Crippen LogP contribution is -2.02. The van der Waals surface area contributed by atoms with Gasteiger partial charge >= 0.3 is 0 Å². The zero-order chi connectivity index (χ0) is 13.1. The summed E-state index contributed by atoms with van der Waals surface area (Å²) < 4.78 is 13.1. The van der Waals surface area contributed by atoms with Gasteiger partial charge in [-0.05, 0) is 32.0 Å². The fraction of sp³-hybridized carbons (Fsp3) is 0.231. The van der Waals surface area contributed by atoms with Crippen LogP contribution in [0.4, 0.5) is 10.2 Å². The molecule has 0 saturated heterocycles. The maximum absolute atomic E-state index is 13.1. The van der Waals surface area contributed by atoms with Gasteiger partial charge in [0.25, 0.3) is 0 Å². The van der Waals surface area contributed by atoms with Crippen LogP contribution in [0, 0.1) is 12.7 Å². The molecule has 18 heavy (non-hydrogen) atoms. The third kappa shape index (κ3) is 2.76. The Morgan fingerprint density at radius 1 is 1.28 bits per heavy atom. The van der Waals surface area contributed by atoms with Crippen molar-refractivity contribution >= 4 is 17.4 Å². The summed E-state index contributed by atoms with van der Waals surface area (Å²) in [6.07, 6.45) is 0. The van der Waals surface area contributed by atoms with Gasteiger partial charge in [-0.15, -0.1) is 0 Å². The molecule has 0 atom stereocenters. The first kappa shape index (κ1) is 12.8. The van der Waals surface area contributed by atoms with Gasteiger partial charge in [-0.3, -0.25) is 0 Å². The average molecular weight is 266 g/mol. The van der Waals surface area contributed by atoms with Crippen LogP contribution in [0.15, 0.2) is 24.3 Å². The van der Waals surface area contributed by atoms with E-state index in [0.29, 0.717) is 11.4 Å². The van der Waals surface area contributed by atoms with Crippen molar-refractivity contribution in [2.75, 3.05) is 11.9 Å². The van der Waals surface area contributed by atoms with Crippen molar-refractivity contribution in [3.63, 3.8) is 0 Å². The van der Waals surface area contributed by atoms with Gasteiger partial charge in [-0.25, -0.2) is 14.4 Å². The van der Waals surface area contributed by atoms with Crippen LogP contribution in [0.5, 0.6) is 0 Å². The molecule has 0 spiro atoms. The molecule has 1 heterocycles. The summed E-state index contributed by atoms with van der Waals surface area (Å²) in [7, 11) is 0. The van der Waals surface area contributed by atoms with Crippen LogP contribution in [0.25, 0.3) is 11.4 Å². The minimum absolute atomic E-state index is 0.0719. The first-order valence-electron chi connectivity index (χ1n) is 5.65. The molecule has 0 aliphatic rings. The van der Waals surface area contributed by atoms with Crippen molar-refractivity contribution < 1.29 is 4.39 Å². The fourth-order valence-electron chi connectivity index (χ4n) is 1.60. The summed E-state index contributed by atoms with van der Waals surface area (Å²) in [4.78, 5) is 8.69. The van der Waals surface area contributed by atoms with Crippen LogP contribution in [0.1, 0.15) is 12.6 Å². The molecule has 3 nitrogen and oxygen atoms in total. The first-order chi connectivity index (χ1) is 8.60. The van der Waals surface area contributed by atoms with Gasteiger partial charge in [-0.1, -0.05) is 11.6 Å². The third-order valence-electron chi connectivity index (χ3n) is 2.39. The van der Waals surface area contributed by atoms with E-state index in [1.54, 1.807) is 6.07 Å². The van der Waals surface area contributed by atoms with Crippen molar-refractivity contribution in [2.24, 2.45) is 0 Å². The first-order valence-corrected chi connectivity index (χ1v) is 6.03. The second-order valence-electron chi connectivity index (χ2n) is 3.88. The zero-order valence-electron chi connectivity index (χ0n) is 10.2. The molecule has 5 heteroatoms. The summed E-state index contributed by atoms with van der Waals surface area (Å²) in [6.45, 7) is 4.66. The van der Waals surface area contributed by atoms with Crippen molar-refractivity contribution in [2.45, 2.75) is 13.8 Å². The number of rotatable bonds is 3. The summed E-state index contributed by atoms with van der Waals surface area (Å²) in [5.41, 5.74) is 1.54. The van der Waals surface area contributed by atoms with E-state index in [0.717, 1.165) is 18.1 Å². The Hall–Kier alpha value is -1.68. The topological polar surface area (TPSA) is 37.8 Å². The number of benzene rings is 1. The SMILES string of the molecule is CCNc1cc(C)nc(-c2ccc(F)c(Cl)c2)n1. The van der Waals surface area contributed by atoms with Crippen LogP contribution in [-0.4, -0.2) is 16.5 Å². The second kappa shape index (κ2) is 5.31. The van der Waals surface area contributed by atoms with Crippen molar-refractivity contribution in [3.8, 4) is 11.4 Å². The highest BCUT2D eigenvalue weighted by Crippen LogP contribution is 2.23. The number of hydrogen-bond acceptors (Lipinski definition) is 3. The molecule has 0 fully saturated rings. The minimum atomic E-state index is -0.444. The van der Waals surface area contributed by atoms with Gasteiger partial charge in [0, 0.05) is 23.9 Å². The molecular weight excluding hydrogens is 253 g/mol. The maximum Gasteiger partial charge on any atom is 0.161 e. The summed E-state index contributed by atoms with van der Waals surface area (Å²) in [6, 6.07) is 6.32. The average Bonchev–Trinajstić information content (AvgIpc) is 2.32. The van der Waals surface area contributed by atoms with E-state index in [9.17, 15) is 4.39 Å². The van der Waals surface area contributed by atoms with Crippen LogP contribution in [0.3, 0.4) is 0 Å². The number of hydrogen-bond donors (Lipinski definition) is 1. The van der Waals surface area contributed by atoms with Crippen LogP contribution >= 0.6 is 11.6 Å². The Kier molecular flexibility index (Phi) is 3.77. The van der Waals surface area contributed by atoms with E-state index >= 15 is 0 Å².